The highest BCUT2D eigenvalue weighted by Crippen LogP contribution is 2.33. The average molecular weight is 247 g/mol. The number of rotatable bonds is 2. The highest BCUT2D eigenvalue weighted by molar-refractivity contribution is 5.98. The quantitative estimate of drug-likeness (QED) is 0.814. The lowest BCUT2D eigenvalue weighted by molar-refractivity contribution is 0.0875. The molecule has 2 bridgehead atoms. The van der Waals surface area contributed by atoms with Crippen molar-refractivity contribution >= 4 is 5.78 Å². The Morgan fingerprint density at radius 2 is 1.94 bits per heavy atom. The molecule has 2 nitrogen and oxygen atoms in total. The molecule has 0 aromatic heterocycles. The summed E-state index contributed by atoms with van der Waals surface area (Å²) in [6.07, 6.45) is 4.17. The molecule has 2 unspecified atom stereocenters. The smallest absolute Gasteiger partial charge is 0.166 e. The minimum Gasteiger partial charge on any atom is -0.311 e. The number of carbonyl (C=O) groups excluding carboxylic acids is 1. The van der Waals surface area contributed by atoms with Crippen LogP contribution >= 0.6 is 0 Å². The maximum absolute atomic E-state index is 13.5. The monoisotopic (exact) mass is 247 g/mol. The summed E-state index contributed by atoms with van der Waals surface area (Å²) in [6, 6.07) is 5.82. The van der Waals surface area contributed by atoms with Gasteiger partial charge in [0, 0.05) is 23.6 Å². The summed E-state index contributed by atoms with van der Waals surface area (Å²) in [4.78, 5) is 12.4. The van der Waals surface area contributed by atoms with Gasteiger partial charge in [0.2, 0.25) is 0 Å². The van der Waals surface area contributed by atoms with Crippen LogP contribution < -0.4 is 5.32 Å². The number of halogens is 1. The van der Waals surface area contributed by atoms with E-state index in [1.165, 1.54) is 18.9 Å². The Kier molecular flexibility index (Phi) is 2.94. The molecule has 3 heteroatoms. The normalized spacial score (nSPS) is 30.4. The maximum Gasteiger partial charge on any atom is 0.166 e. The number of benzene rings is 1. The van der Waals surface area contributed by atoms with Crippen molar-refractivity contribution in [2.75, 3.05) is 0 Å². The van der Waals surface area contributed by atoms with Crippen LogP contribution in [-0.4, -0.2) is 17.9 Å². The highest BCUT2D eigenvalue weighted by atomic mass is 19.1. The summed E-state index contributed by atoms with van der Waals surface area (Å²) in [5.74, 6) is -0.0871. The van der Waals surface area contributed by atoms with Crippen molar-refractivity contribution in [3.05, 3.63) is 35.1 Å². The first kappa shape index (κ1) is 11.8. The number of nitrogens with one attached hydrogen (secondary N) is 1. The van der Waals surface area contributed by atoms with Crippen LogP contribution in [0.15, 0.2) is 18.2 Å². The van der Waals surface area contributed by atoms with Gasteiger partial charge in [-0.05, 0) is 44.2 Å². The summed E-state index contributed by atoms with van der Waals surface area (Å²) >= 11 is 0. The number of hydrogen-bond donors (Lipinski definition) is 1. The summed E-state index contributed by atoms with van der Waals surface area (Å²) in [5, 5.41) is 3.52. The molecule has 2 fully saturated rings. The first-order chi connectivity index (χ1) is 8.63. The second-order valence-electron chi connectivity index (χ2n) is 5.63. The zero-order valence-electron chi connectivity index (χ0n) is 10.6. The molecule has 2 heterocycles. The molecular formula is C15H18FNO. The molecule has 1 aromatic rings. The standard InChI is InChI=1S/C15H18FNO/c1-9-2-3-10(8-14(9)16)15(18)11-6-12-4-5-13(7-11)17-12/h2-3,8,11-13,17H,4-7H2,1H3. The van der Waals surface area contributed by atoms with E-state index in [1.807, 2.05) is 0 Å². The van der Waals surface area contributed by atoms with Crippen molar-refractivity contribution in [1.29, 1.82) is 0 Å². The Hall–Kier alpha value is -1.22. The van der Waals surface area contributed by atoms with Crippen LogP contribution in [0, 0.1) is 18.7 Å². The largest absolute Gasteiger partial charge is 0.311 e. The van der Waals surface area contributed by atoms with Gasteiger partial charge in [0.05, 0.1) is 0 Å². The lowest BCUT2D eigenvalue weighted by atomic mass is 9.86. The second-order valence-corrected chi connectivity index (χ2v) is 5.63. The van der Waals surface area contributed by atoms with E-state index in [2.05, 4.69) is 5.32 Å². The summed E-state index contributed by atoms with van der Waals surface area (Å²) in [5.41, 5.74) is 1.13. The number of aryl methyl sites for hydroxylation is 1. The zero-order chi connectivity index (χ0) is 12.7. The molecule has 3 rings (SSSR count). The predicted molar refractivity (Wildman–Crippen MR) is 68.1 cm³/mol. The molecule has 2 aliphatic rings. The number of carbonyl (C=O) groups is 1. The van der Waals surface area contributed by atoms with Gasteiger partial charge in [0.15, 0.2) is 5.78 Å². The van der Waals surface area contributed by atoms with E-state index < -0.39 is 0 Å². The molecule has 96 valence electrons. The molecule has 0 aliphatic carbocycles. The number of hydrogen-bond acceptors (Lipinski definition) is 2. The van der Waals surface area contributed by atoms with Gasteiger partial charge in [0.25, 0.3) is 0 Å². The molecule has 1 aromatic carbocycles. The fourth-order valence-electron chi connectivity index (χ4n) is 3.25. The fourth-order valence-corrected chi connectivity index (χ4v) is 3.25. The summed E-state index contributed by atoms with van der Waals surface area (Å²) in [7, 11) is 0. The lowest BCUT2D eigenvalue weighted by Crippen LogP contribution is -2.40. The van der Waals surface area contributed by atoms with Gasteiger partial charge in [0.1, 0.15) is 5.82 Å². The third kappa shape index (κ3) is 2.07. The second kappa shape index (κ2) is 4.47. The van der Waals surface area contributed by atoms with Crippen LogP contribution in [0.1, 0.15) is 41.6 Å². The van der Waals surface area contributed by atoms with Crippen LogP contribution in [0.2, 0.25) is 0 Å². The van der Waals surface area contributed by atoms with Gasteiger partial charge >= 0.3 is 0 Å². The van der Waals surface area contributed by atoms with Crippen molar-refractivity contribution in [1.82, 2.24) is 5.32 Å². The minimum atomic E-state index is -0.280. The molecule has 18 heavy (non-hydrogen) atoms. The van der Waals surface area contributed by atoms with Crippen molar-refractivity contribution in [2.24, 2.45) is 5.92 Å². The van der Waals surface area contributed by atoms with Crippen LogP contribution in [0.25, 0.3) is 0 Å². The molecule has 0 saturated carbocycles. The van der Waals surface area contributed by atoms with E-state index in [-0.39, 0.29) is 17.5 Å². The van der Waals surface area contributed by atoms with E-state index in [9.17, 15) is 9.18 Å². The van der Waals surface area contributed by atoms with E-state index in [1.54, 1.807) is 19.1 Å². The van der Waals surface area contributed by atoms with Crippen molar-refractivity contribution in [3.8, 4) is 0 Å². The molecule has 0 amide bonds. The van der Waals surface area contributed by atoms with Crippen molar-refractivity contribution in [2.45, 2.75) is 44.7 Å². The van der Waals surface area contributed by atoms with E-state index in [4.69, 9.17) is 0 Å². The Balaban J connectivity index is 1.79. The maximum atomic E-state index is 13.5. The first-order valence-electron chi connectivity index (χ1n) is 6.70. The van der Waals surface area contributed by atoms with Crippen molar-refractivity contribution < 1.29 is 9.18 Å². The molecular weight excluding hydrogens is 229 g/mol. The van der Waals surface area contributed by atoms with Gasteiger partial charge in [-0.1, -0.05) is 12.1 Å². The summed E-state index contributed by atoms with van der Waals surface area (Å²) in [6.45, 7) is 1.72. The molecule has 2 saturated heterocycles. The van der Waals surface area contributed by atoms with E-state index in [0.29, 0.717) is 23.2 Å². The average Bonchev–Trinajstić information content (AvgIpc) is 2.71. The van der Waals surface area contributed by atoms with Gasteiger partial charge in [-0.2, -0.15) is 0 Å². The number of piperidine rings is 1. The van der Waals surface area contributed by atoms with Gasteiger partial charge < -0.3 is 5.32 Å². The molecule has 1 N–H and O–H groups in total. The SMILES string of the molecule is Cc1ccc(C(=O)C2CC3CCC(C2)N3)cc1F. The third-order valence-corrected chi connectivity index (χ3v) is 4.30. The number of Topliss-reactive ketones (excluding diaryl/α,β-unsaturated/α-hetero) is 1. The van der Waals surface area contributed by atoms with Gasteiger partial charge in [-0.3, -0.25) is 4.79 Å². The van der Waals surface area contributed by atoms with Gasteiger partial charge in [-0.25, -0.2) is 4.39 Å². The van der Waals surface area contributed by atoms with Gasteiger partial charge in [-0.15, -0.1) is 0 Å². The first-order valence-corrected chi connectivity index (χ1v) is 6.70. The fraction of sp³-hybridized carbons (Fsp3) is 0.533. The van der Waals surface area contributed by atoms with E-state index in [0.717, 1.165) is 12.8 Å². The minimum absolute atomic E-state index is 0.0749. The van der Waals surface area contributed by atoms with E-state index >= 15 is 0 Å². The molecule has 0 spiro atoms. The van der Waals surface area contributed by atoms with Crippen LogP contribution in [0.4, 0.5) is 4.39 Å². The number of fused-ring (bicyclic) bond motifs is 2. The van der Waals surface area contributed by atoms with Crippen LogP contribution in [-0.2, 0) is 0 Å². The Morgan fingerprint density at radius 3 is 2.56 bits per heavy atom. The van der Waals surface area contributed by atoms with Crippen LogP contribution in [0.3, 0.4) is 0 Å². The third-order valence-electron chi connectivity index (χ3n) is 4.30. The predicted octanol–water partition coefficient (Wildman–Crippen LogP) is 2.85. The Morgan fingerprint density at radius 1 is 1.28 bits per heavy atom. The zero-order valence-corrected chi connectivity index (χ0v) is 10.6. The lowest BCUT2D eigenvalue weighted by Gasteiger charge is -2.28. The summed E-state index contributed by atoms with van der Waals surface area (Å²) < 4.78 is 13.5. The molecule has 2 atom stereocenters. The topological polar surface area (TPSA) is 29.1 Å². The van der Waals surface area contributed by atoms with Crippen molar-refractivity contribution in [3.63, 3.8) is 0 Å². The molecule has 0 radical (unpaired) electrons. The highest BCUT2D eigenvalue weighted by Gasteiger charge is 2.36. The Bertz CT molecular complexity index is 473. The Labute approximate surface area is 107 Å². The van der Waals surface area contributed by atoms with Crippen LogP contribution in [0.5, 0.6) is 0 Å². The molecule has 2 aliphatic heterocycles. The number of ketones is 1.